The molecule has 0 saturated carbocycles. The third kappa shape index (κ3) is 4.52. The summed E-state index contributed by atoms with van der Waals surface area (Å²) < 4.78 is 5.79. The van der Waals surface area contributed by atoms with Gasteiger partial charge in [-0.25, -0.2) is 15.0 Å². The first-order chi connectivity index (χ1) is 10.8. The lowest BCUT2D eigenvalue weighted by Gasteiger charge is -2.07. The van der Waals surface area contributed by atoms with E-state index in [-0.39, 0.29) is 0 Å². The van der Waals surface area contributed by atoms with Crippen LogP contribution in [0.1, 0.15) is 33.4 Å². The van der Waals surface area contributed by atoms with E-state index >= 15 is 0 Å². The third-order valence-electron chi connectivity index (χ3n) is 2.50. The highest BCUT2D eigenvalue weighted by Gasteiger charge is 2.06. The number of aromatic nitrogens is 3. The summed E-state index contributed by atoms with van der Waals surface area (Å²) in [4.78, 5) is 12.8. The molecule has 0 bridgehead atoms. The molecule has 0 N–H and O–H groups in total. The first-order valence-electron chi connectivity index (χ1n) is 7.64. The lowest BCUT2D eigenvalue weighted by atomic mass is 10.3. The van der Waals surface area contributed by atoms with Crippen molar-refractivity contribution in [1.29, 1.82) is 0 Å². The number of ether oxygens (including phenoxy) is 1. The van der Waals surface area contributed by atoms with Crippen molar-refractivity contribution in [3.8, 4) is 11.5 Å². The molecule has 2 heterocycles. The van der Waals surface area contributed by atoms with Crippen molar-refractivity contribution in [2.45, 2.75) is 34.6 Å². The standard InChI is InChI=1S/C14H11N3O.2C2H6/c1-10-9-16-13-12(7-8-15-14(13)17-10)18-11-5-3-2-4-6-11;2*1-2/h2-9H,1H3;2*1-2H3. The molecule has 0 amide bonds. The van der Waals surface area contributed by atoms with Crippen molar-refractivity contribution in [1.82, 2.24) is 15.0 Å². The van der Waals surface area contributed by atoms with E-state index < -0.39 is 0 Å². The Labute approximate surface area is 132 Å². The van der Waals surface area contributed by atoms with Crippen LogP contribution >= 0.6 is 0 Å². The SMILES string of the molecule is CC.CC.Cc1cnc2c(Oc3ccccc3)ccnc2n1. The predicted molar refractivity (Wildman–Crippen MR) is 91.3 cm³/mol. The molecule has 2 aromatic heterocycles. The van der Waals surface area contributed by atoms with Gasteiger partial charge in [-0.15, -0.1) is 0 Å². The van der Waals surface area contributed by atoms with Crippen LogP contribution in [0.2, 0.25) is 0 Å². The minimum Gasteiger partial charge on any atom is -0.455 e. The number of aryl methyl sites for hydroxylation is 1. The molecule has 0 saturated heterocycles. The van der Waals surface area contributed by atoms with Gasteiger partial charge in [0.15, 0.2) is 16.9 Å². The number of fused-ring (bicyclic) bond motifs is 1. The van der Waals surface area contributed by atoms with E-state index in [1.807, 2.05) is 65.0 Å². The summed E-state index contributed by atoms with van der Waals surface area (Å²) in [5.41, 5.74) is 2.11. The molecule has 4 heteroatoms. The van der Waals surface area contributed by atoms with Gasteiger partial charge in [0.25, 0.3) is 0 Å². The molecular formula is C18H23N3O. The molecule has 22 heavy (non-hydrogen) atoms. The van der Waals surface area contributed by atoms with Crippen LogP contribution in [-0.4, -0.2) is 15.0 Å². The van der Waals surface area contributed by atoms with Crippen LogP contribution in [0.25, 0.3) is 11.2 Å². The van der Waals surface area contributed by atoms with E-state index in [0.717, 1.165) is 11.4 Å². The number of hydrogen-bond donors (Lipinski definition) is 0. The molecule has 0 atom stereocenters. The van der Waals surface area contributed by atoms with Crippen LogP contribution in [-0.2, 0) is 0 Å². The van der Waals surface area contributed by atoms with Crippen molar-refractivity contribution in [3.05, 3.63) is 54.5 Å². The Morgan fingerprint density at radius 1 is 0.864 bits per heavy atom. The fourth-order valence-corrected chi connectivity index (χ4v) is 1.68. The highest BCUT2D eigenvalue weighted by Crippen LogP contribution is 2.26. The number of para-hydroxylation sites is 1. The second kappa shape index (κ2) is 9.45. The quantitative estimate of drug-likeness (QED) is 0.654. The fourth-order valence-electron chi connectivity index (χ4n) is 1.68. The molecular weight excluding hydrogens is 274 g/mol. The van der Waals surface area contributed by atoms with E-state index in [9.17, 15) is 0 Å². The Bertz CT molecular complexity index is 684. The van der Waals surface area contributed by atoms with Crippen molar-refractivity contribution < 1.29 is 4.74 Å². The molecule has 3 rings (SSSR count). The van der Waals surface area contributed by atoms with Gasteiger partial charge >= 0.3 is 0 Å². The van der Waals surface area contributed by atoms with E-state index in [0.29, 0.717) is 16.9 Å². The number of nitrogens with zero attached hydrogens (tertiary/aromatic N) is 3. The first kappa shape index (κ1) is 17.6. The summed E-state index contributed by atoms with van der Waals surface area (Å²) >= 11 is 0. The van der Waals surface area contributed by atoms with E-state index in [4.69, 9.17) is 4.74 Å². The van der Waals surface area contributed by atoms with Gasteiger partial charge in [-0.1, -0.05) is 45.9 Å². The second-order valence-electron chi connectivity index (χ2n) is 3.91. The molecule has 0 radical (unpaired) electrons. The fraction of sp³-hybridized carbons (Fsp3) is 0.278. The van der Waals surface area contributed by atoms with Crippen molar-refractivity contribution >= 4 is 11.2 Å². The van der Waals surface area contributed by atoms with Crippen LogP contribution in [0.4, 0.5) is 0 Å². The molecule has 4 nitrogen and oxygen atoms in total. The van der Waals surface area contributed by atoms with Gasteiger partial charge in [-0.05, 0) is 19.1 Å². The smallest absolute Gasteiger partial charge is 0.182 e. The molecule has 0 aliphatic carbocycles. The predicted octanol–water partition coefficient (Wildman–Crippen LogP) is 5.18. The summed E-state index contributed by atoms with van der Waals surface area (Å²) in [5, 5.41) is 0. The Morgan fingerprint density at radius 3 is 2.23 bits per heavy atom. The molecule has 0 fully saturated rings. The van der Waals surface area contributed by atoms with Crippen molar-refractivity contribution in [2.24, 2.45) is 0 Å². The number of rotatable bonds is 2. The van der Waals surface area contributed by atoms with Gasteiger partial charge in [-0.3, -0.25) is 0 Å². The molecule has 0 aliphatic heterocycles. The maximum absolute atomic E-state index is 5.79. The molecule has 1 aromatic carbocycles. The highest BCUT2D eigenvalue weighted by atomic mass is 16.5. The lowest BCUT2D eigenvalue weighted by molar-refractivity contribution is 0.486. The van der Waals surface area contributed by atoms with Crippen LogP contribution < -0.4 is 4.74 Å². The van der Waals surface area contributed by atoms with Gasteiger partial charge in [0.1, 0.15) is 5.75 Å². The first-order valence-corrected chi connectivity index (χ1v) is 7.64. The van der Waals surface area contributed by atoms with Crippen LogP contribution in [0, 0.1) is 6.92 Å². The zero-order chi connectivity index (χ0) is 16.4. The van der Waals surface area contributed by atoms with Gasteiger partial charge < -0.3 is 4.74 Å². The topological polar surface area (TPSA) is 47.9 Å². The van der Waals surface area contributed by atoms with Gasteiger partial charge in [0, 0.05) is 18.5 Å². The number of pyridine rings is 1. The average Bonchev–Trinajstić information content (AvgIpc) is 2.59. The second-order valence-corrected chi connectivity index (χ2v) is 3.91. The molecule has 3 aromatic rings. The van der Waals surface area contributed by atoms with Gasteiger partial charge in [0.2, 0.25) is 0 Å². The molecule has 0 aliphatic rings. The molecule has 0 spiro atoms. The normalized spacial score (nSPS) is 9.14. The van der Waals surface area contributed by atoms with Crippen LogP contribution in [0.5, 0.6) is 11.5 Å². The summed E-state index contributed by atoms with van der Waals surface area (Å²) in [5.74, 6) is 1.44. The maximum atomic E-state index is 5.79. The highest BCUT2D eigenvalue weighted by molar-refractivity contribution is 5.77. The Kier molecular flexibility index (Phi) is 7.54. The summed E-state index contributed by atoms with van der Waals surface area (Å²) in [6.45, 7) is 9.89. The zero-order valence-corrected chi connectivity index (χ0v) is 13.9. The summed E-state index contributed by atoms with van der Waals surface area (Å²) in [7, 11) is 0. The Hall–Kier alpha value is -2.49. The average molecular weight is 297 g/mol. The van der Waals surface area contributed by atoms with Crippen molar-refractivity contribution in [2.75, 3.05) is 0 Å². The minimum atomic E-state index is 0.600. The van der Waals surface area contributed by atoms with Gasteiger partial charge in [0.05, 0.1) is 5.69 Å². The van der Waals surface area contributed by atoms with Crippen LogP contribution in [0.15, 0.2) is 48.8 Å². The van der Waals surface area contributed by atoms with Crippen molar-refractivity contribution in [3.63, 3.8) is 0 Å². The summed E-state index contributed by atoms with van der Waals surface area (Å²) in [6.07, 6.45) is 3.39. The molecule has 116 valence electrons. The number of hydrogen-bond acceptors (Lipinski definition) is 4. The van der Waals surface area contributed by atoms with E-state index in [1.165, 1.54) is 0 Å². The van der Waals surface area contributed by atoms with Gasteiger partial charge in [-0.2, -0.15) is 0 Å². The zero-order valence-electron chi connectivity index (χ0n) is 13.9. The van der Waals surface area contributed by atoms with E-state index in [2.05, 4.69) is 15.0 Å². The number of benzene rings is 1. The largest absolute Gasteiger partial charge is 0.455 e. The summed E-state index contributed by atoms with van der Waals surface area (Å²) in [6, 6.07) is 11.4. The lowest BCUT2D eigenvalue weighted by Crippen LogP contribution is -1.93. The Morgan fingerprint density at radius 2 is 1.55 bits per heavy atom. The minimum absolute atomic E-state index is 0.600. The third-order valence-corrected chi connectivity index (χ3v) is 2.50. The van der Waals surface area contributed by atoms with E-state index in [1.54, 1.807) is 18.5 Å². The maximum Gasteiger partial charge on any atom is 0.182 e. The molecule has 0 unspecified atom stereocenters. The Balaban J connectivity index is 0.000000561. The monoisotopic (exact) mass is 297 g/mol. The van der Waals surface area contributed by atoms with Crippen LogP contribution in [0.3, 0.4) is 0 Å².